The van der Waals surface area contributed by atoms with Gasteiger partial charge in [0.2, 0.25) is 5.91 Å². The number of alkyl halides is 1. The molecule has 0 rings (SSSR count). The standard InChI is InChI=1S/C19H38ClNO6/c1-2-19(22)21-8-10-24-12-14-26-16-18-27-17-15-25-13-11-23-9-6-4-3-5-7-20/h2-18H2,1H3,(H,21,22). The van der Waals surface area contributed by atoms with E-state index < -0.39 is 0 Å². The highest BCUT2D eigenvalue weighted by Crippen LogP contribution is 2.01. The molecule has 0 aromatic carbocycles. The zero-order chi connectivity index (χ0) is 19.8. The molecule has 1 amide bonds. The van der Waals surface area contributed by atoms with Crippen LogP contribution in [0.4, 0.5) is 0 Å². The monoisotopic (exact) mass is 411 g/mol. The lowest BCUT2D eigenvalue weighted by atomic mass is 10.2. The highest BCUT2D eigenvalue weighted by atomic mass is 35.5. The molecular formula is C19H38ClNO6. The van der Waals surface area contributed by atoms with Crippen molar-refractivity contribution in [3.63, 3.8) is 0 Å². The van der Waals surface area contributed by atoms with Gasteiger partial charge in [-0.2, -0.15) is 0 Å². The molecule has 0 saturated heterocycles. The second-order valence-electron chi connectivity index (χ2n) is 5.87. The van der Waals surface area contributed by atoms with Gasteiger partial charge in [0.15, 0.2) is 0 Å². The van der Waals surface area contributed by atoms with Gasteiger partial charge in [-0.15, -0.1) is 11.6 Å². The third kappa shape index (κ3) is 23.5. The maximum absolute atomic E-state index is 11.0. The van der Waals surface area contributed by atoms with Crippen molar-refractivity contribution in [2.75, 3.05) is 78.5 Å². The van der Waals surface area contributed by atoms with E-state index in [1.807, 2.05) is 6.92 Å². The summed E-state index contributed by atoms with van der Waals surface area (Å²) in [6.07, 6.45) is 5.02. The highest BCUT2D eigenvalue weighted by molar-refractivity contribution is 6.17. The van der Waals surface area contributed by atoms with Gasteiger partial charge in [0, 0.05) is 25.5 Å². The quantitative estimate of drug-likeness (QED) is 0.218. The number of carbonyl (C=O) groups excluding carboxylic acids is 1. The van der Waals surface area contributed by atoms with Gasteiger partial charge in [-0.3, -0.25) is 4.79 Å². The number of amides is 1. The summed E-state index contributed by atoms with van der Waals surface area (Å²) in [5, 5.41) is 2.74. The van der Waals surface area contributed by atoms with Gasteiger partial charge in [-0.05, 0) is 12.8 Å². The van der Waals surface area contributed by atoms with E-state index in [-0.39, 0.29) is 5.91 Å². The van der Waals surface area contributed by atoms with E-state index in [2.05, 4.69) is 5.32 Å². The maximum atomic E-state index is 11.0. The summed E-state index contributed by atoms with van der Waals surface area (Å²) in [5.74, 6) is 0.788. The molecule has 8 heteroatoms. The molecule has 0 heterocycles. The van der Waals surface area contributed by atoms with Gasteiger partial charge < -0.3 is 29.0 Å². The van der Waals surface area contributed by atoms with Crippen LogP contribution in [0.5, 0.6) is 0 Å². The van der Waals surface area contributed by atoms with E-state index in [0.29, 0.717) is 72.4 Å². The van der Waals surface area contributed by atoms with Gasteiger partial charge in [0.1, 0.15) is 0 Å². The molecule has 0 aliphatic rings. The largest absolute Gasteiger partial charge is 0.379 e. The van der Waals surface area contributed by atoms with Crippen LogP contribution in [-0.2, 0) is 28.5 Å². The summed E-state index contributed by atoms with van der Waals surface area (Å²) in [6, 6.07) is 0. The molecule has 7 nitrogen and oxygen atoms in total. The van der Waals surface area contributed by atoms with E-state index in [0.717, 1.165) is 25.3 Å². The Morgan fingerprint density at radius 2 is 1.11 bits per heavy atom. The first-order valence-corrected chi connectivity index (χ1v) is 10.6. The van der Waals surface area contributed by atoms with Gasteiger partial charge in [-0.25, -0.2) is 0 Å². The molecule has 0 aromatic heterocycles. The molecule has 162 valence electrons. The van der Waals surface area contributed by atoms with E-state index >= 15 is 0 Å². The lowest BCUT2D eigenvalue weighted by Gasteiger charge is -2.08. The first-order valence-electron chi connectivity index (χ1n) is 10.0. The molecular weight excluding hydrogens is 374 g/mol. The van der Waals surface area contributed by atoms with E-state index in [1.165, 1.54) is 12.8 Å². The van der Waals surface area contributed by atoms with Crippen molar-refractivity contribution in [1.29, 1.82) is 0 Å². The van der Waals surface area contributed by atoms with E-state index in [9.17, 15) is 4.79 Å². The topological polar surface area (TPSA) is 75.3 Å². The summed E-state index contributed by atoms with van der Waals surface area (Å²) in [4.78, 5) is 11.0. The van der Waals surface area contributed by atoms with E-state index in [1.54, 1.807) is 0 Å². The average Bonchev–Trinajstić information content (AvgIpc) is 2.68. The molecule has 0 saturated carbocycles. The highest BCUT2D eigenvalue weighted by Gasteiger charge is 1.96. The van der Waals surface area contributed by atoms with Crippen molar-refractivity contribution < 1.29 is 28.5 Å². The van der Waals surface area contributed by atoms with Gasteiger partial charge in [0.25, 0.3) is 0 Å². The van der Waals surface area contributed by atoms with Crippen LogP contribution in [0.3, 0.4) is 0 Å². The molecule has 0 aliphatic heterocycles. The van der Waals surface area contributed by atoms with Crippen LogP contribution in [-0.4, -0.2) is 84.4 Å². The molecule has 27 heavy (non-hydrogen) atoms. The molecule has 0 bridgehead atoms. The third-order valence-corrected chi connectivity index (χ3v) is 3.82. The Labute approximate surface area is 169 Å². The fourth-order valence-electron chi connectivity index (χ4n) is 2.02. The normalized spacial score (nSPS) is 11.0. The predicted octanol–water partition coefficient (Wildman–Crippen LogP) is 2.39. The Morgan fingerprint density at radius 3 is 1.59 bits per heavy atom. The van der Waals surface area contributed by atoms with Gasteiger partial charge in [-0.1, -0.05) is 19.8 Å². The number of rotatable bonds is 22. The second kappa shape index (κ2) is 23.6. The SMILES string of the molecule is CCC(=O)NCCOCCOCCOCCOCCOCCCCCCCl. The number of hydrogen-bond acceptors (Lipinski definition) is 6. The molecule has 0 unspecified atom stereocenters. The molecule has 0 fully saturated rings. The van der Waals surface area contributed by atoms with Crippen molar-refractivity contribution in [3.8, 4) is 0 Å². The van der Waals surface area contributed by atoms with Crippen molar-refractivity contribution in [3.05, 3.63) is 0 Å². The van der Waals surface area contributed by atoms with Crippen LogP contribution in [0.25, 0.3) is 0 Å². The Balaban J connectivity index is 3.00. The van der Waals surface area contributed by atoms with Crippen LogP contribution in [0.15, 0.2) is 0 Å². The van der Waals surface area contributed by atoms with Gasteiger partial charge >= 0.3 is 0 Å². The molecule has 0 spiro atoms. The van der Waals surface area contributed by atoms with Crippen LogP contribution in [0.2, 0.25) is 0 Å². The van der Waals surface area contributed by atoms with E-state index in [4.69, 9.17) is 35.3 Å². The molecule has 1 N–H and O–H groups in total. The fourth-order valence-corrected chi connectivity index (χ4v) is 2.21. The Hall–Kier alpha value is -0.440. The number of nitrogens with one attached hydrogen (secondary N) is 1. The molecule has 0 radical (unpaired) electrons. The van der Waals surface area contributed by atoms with Crippen molar-refractivity contribution in [2.24, 2.45) is 0 Å². The Bertz CT molecular complexity index is 310. The van der Waals surface area contributed by atoms with Crippen molar-refractivity contribution in [1.82, 2.24) is 5.32 Å². The minimum absolute atomic E-state index is 0.0392. The summed E-state index contributed by atoms with van der Waals surface area (Å²) in [6.45, 7) is 8.08. The molecule has 0 aromatic rings. The number of hydrogen-bond donors (Lipinski definition) is 1. The summed E-state index contributed by atoms with van der Waals surface area (Å²) in [5.41, 5.74) is 0. The summed E-state index contributed by atoms with van der Waals surface area (Å²) >= 11 is 5.62. The van der Waals surface area contributed by atoms with Crippen LogP contribution in [0.1, 0.15) is 39.0 Å². The average molecular weight is 412 g/mol. The van der Waals surface area contributed by atoms with Gasteiger partial charge in [0.05, 0.1) is 59.5 Å². The number of unbranched alkanes of at least 4 members (excludes halogenated alkanes) is 3. The minimum atomic E-state index is 0.0392. The number of halogens is 1. The Morgan fingerprint density at radius 1 is 0.667 bits per heavy atom. The summed E-state index contributed by atoms with van der Waals surface area (Å²) < 4.78 is 27.0. The minimum Gasteiger partial charge on any atom is -0.379 e. The van der Waals surface area contributed by atoms with Crippen molar-refractivity contribution >= 4 is 17.5 Å². The summed E-state index contributed by atoms with van der Waals surface area (Å²) in [7, 11) is 0. The lowest BCUT2D eigenvalue weighted by molar-refractivity contribution is -0.121. The zero-order valence-electron chi connectivity index (χ0n) is 16.8. The number of carbonyl (C=O) groups is 1. The van der Waals surface area contributed by atoms with Crippen molar-refractivity contribution in [2.45, 2.75) is 39.0 Å². The number of ether oxygens (including phenoxy) is 5. The second-order valence-corrected chi connectivity index (χ2v) is 6.25. The zero-order valence-corrected chi connectivity index (χ0v) is 17.6. The van der Waals surface area contributed by atoms with Crippen LogP contribution in [0, 0.1) is 0 Å². The first kappa shape index (κ1) is 26.6. The Kier molecular flexibility index (Phi) is 23.2. The van der Waals surface area contributed by atoms with Crippen LogP contribution >= 0.6 is 11.6 Å². The first-order chi connectivity index (χ1) is 13.3. The fraction of sp³-hybridized carbons (Fsp3) is 0.947. The van der Waals surface area contributed by atoms with Crippen LogP contribution < -0.4 is 5.32 Å². The smallest absolute Gasteiger partial charge is 0.219 e. The maximum Gasteiger partial charge on any atom is 0.219 e. The third-order valence-electron chi connectivity index (χ3n) is 3.55. The molecule has 0 aliphatic carbocycles. The predicted molar refractivity (Wildman–Crippen MR) is 107 cm³/mol. The lowest BCUT2D eigenvalue weighted by Crippen LogP contribution is -2.26. The molecule has 0 atom stereocenters.